The molecule has 1 saturated heterocycles. The zero-order valence-electron chi connectivity index (χ0n) is 17.4. The van der Waals surface area contributed by atoms with Gasteiger partial charge in [0.05, 0.1) is 13.0 Å². The van der Waals surface area contributed by atoms with Crippen LogP contribution in [0.2, 0.25) is 0 Å². The smallest absolute Gasteiger partial charge is 0.304 e. The maximum absolute atomic E-state index is 10.8. The number of benzene rings is 2. The van der Waals surface area contributed by atoms with Crippen LogP contribution in [0.25, 0.3) is 0 Å². The zero-order chi connectivity index (χ0) is 21.3. The highest BCUT2D eigenvalue weighted by Gasteiger charge is 2.43. The highest BCUT2D eigenvalue weighted by molar-refractivity contribution is 5.66. The Morgan fingerprint density at radius 2 is 1.90 bits per heavy atom. The van der Waals surface area contributed by atoms with E-state index in [1.165, 1.54) is 5.56 Å². The summed E-state index contributed by atoms with van der Waals surface area (Å²) >= 11 is 0. The number of hydrogen-bond donors (Lipinski definition) is 1. The number of nitrogens with zero attached hydrogens (tertiary/aromatic N) is 1. The van der Waals surface area contributed by atoms with Crippen molar-refractivity contribution in [2.45, 2.75) is 30.8 Å². The summed E-state index contributed by atoms with van der Waals surface area (Å²) in [7, 11) is 0. The molecule has 0 bridgehead atoms. The molecule has 2 aromatic carbocycles. The van der Waals surface area contributed by atoms with Crippen LogP contribution >= 0.6 is 0 Å². The molecule has 0 saturated carbocycles. The number of rotatable bonds is 6. The Kier molecular flexibility index (Phi) is 5.36. The molecule has 1 N–H and O–H groups in total. The molecule has 7 nitrogen and oxygen atoms in total. The molecule has 1 fully saturated rings. The van der Waals surface area contributed by atoms with E-state index in [9.17, 15) is 4.79 Å². The standard InChI is InChI=1S/C24H27NO6/c26-23(27)7-10-25-11-8-24(9-12-25)16-30-22-13-17(5-6-19(22)24)28-14-18-15-29-20-3-1-2-4-21(20)31-18/h1-6,13,18H,7-12,14-16H2,(H,26,27). The van der Waals surface area contributed by atoms with Crippen molar-refractivity contribution < 1.29 is 28.8 Å². The average Bonchev–Trinajstić information content (AvgIpc) is 3.14. The van der Waals surface area contributed by atoms with Crippen molar-refractivity contribution in [3.05, 3.63) is 48.0 Å². The third kappa shape index (κ3) is 4.14. The number of carbonyl (C=O) groups is 1. The summed E-state index contributed by atoms with van der Waals surface area (Å²) in [6.07, 6.45) is 1.99. The Morgan fingerprint density at radius 3 is 2.71 bits per heavy atom. The van der Waals surface area contributed by atoms with E-state index in [-0.39, 0.29) is 17.9 Å². The third-order valence-electron chi connectivity index (χ3n) is 6.49. The van der Waals surface area contributed by atoms with Gasteiger partial charge in [-0.3, -0.25) is 4.79 Å². The summed E-state index contributed by atoms with van der Waals surface area (Å²) < 4.78 is 23.7. The summed E-state index contributed by atoms with van der Waals surface area (Å²) in [6.45, 7) is 3.94. The van der Waals surface area contributed by atoms with Crippen molar-refractivity contribution in [3.8, 4) is 23.0 Å². The van der Waals surface area contributed by atoms with Gasteiger partial charge in [0.1, 0.15) is 24.7 Å². The van der Waals surface area contributed by atoms with Crippen LogP contribution in [-0.4, -0.2) is 61.5 Å². The van der Waals surface area contributed by atoms with Gasteiger partial charge in [-0.05, 0) is 44.1 Å². The molecule has 0 aliphatic carbocycles. The first-order chi connectivity index (χ1) is 15.1. The third-order valence-corrected chi connectivity index (χ3v) is 6.49. The number of piperidine rings is 1. The fourth-order valence-corrected chi connectivity index (χ4v) is 4.65. The summed E-state index contributed by atoms with van der Waals surface area (Å²) in [5.74, 6) is 2.43. The minimum Gasteiger partial charge on any atom is -0.492 e. The Bertz CT molecular complexity index is 953. The number of para-hydroxylation sites is 2. The highest BCUT2D eigenvalue weighted by atomic mass is 16.6. The Balaban J connectivity index is 1.18. The maximum atomic E-state index is 10.8. The number of fused-ring (bicyclic) bond motifs is 3. The highest BCUT2D eigenvalue weighted by Crippen LogP contribution is 2.46. The van der Waals surface area contributed by atoms with Crippen LogP contribution in [0.5, 0.6) is 23.0 Å². The zero-order valence-corrected chi connectivity index (χ0v) is 17.4. The van der Waals surface area contributed by atoms with E-state index in [4.69, 9.17) is 24.1 Å². The second kappa shape index (κ2) is 8.30. The van der Waals surface area contributed by atoms with Crippen molar-refractivity contribution >= 4 is 5.97 Å². The molecule has 31 heavy (non-hydrogen) atoms. The van der Waals surface area contributed by atoms with Crippen molar-refractivity contribution in [1.82, 2.24) is 4.90 Å². The first-order valence-electron chi connectivity index (χ1n) is 10.8. The predicted octanol–water partition coefficient (Wildman–Crippen LogP) is 3.11. The van der Waals surface area contributed by atoms with Gasteiger partial charge in [0.2, 0.25) is 0 Å². The molecule has 3 aliphatic heterocycles. The van der Waals surface area contributed by atoms with Gasteiger partial charge in [0, 0.05) is 23.6 Å². The summed E-state index contributed by atoms with van der Waals surface area (Å²) in [5.41, 5.74) is 1.27. The van der Waals surface area contributed by atoms with Crippen molar-refractivity contribution in [2.24, 2.45) is 0 Å². The largest absolute Gasteiger partial charge is 0.492 e. The van der Waals surface area contributed by atoms with Crippen molar-refractivity contribution in [1.29, 1.82) is 0 Å². The summed E-state index contributed by atoms with van der Waals surface area (Å²) in [4.78, 5) is 13.1. The fraction of sp³-hybridized carbons (Fsp3) is 0.458. The van der Waals surface area contributed by atoms with Gasteiger partial charge >= 0.3 is 5.97 Å². The Morgan fingerprint density at radius 1 is 1.10 bits per heavy atom. The first kappa shape index (κ1) is 20.0. The second-order valence-electron chi connectivity index (χ2n) is 8.52. The predicted molar refractivity (Wildman–Crippen MR) is 113 cm³/mol. The van der Waals surface area contributed by atoms with E-state index < -0.39 is 5.97 Å². The SMILES string of the molecule is O=C(O)CCN1CCC2(CC1)COc1cc(OCC3COc4ccccc4O3)ccc12. The van der Waals surface area contributed by atoms with Crippen LogP contribution in [0.4, 0.5) is 0 Å². The normalized spacial score (nSPS) is 21.4. The van der Waals surface area contributed by atoms with Crippen LogP contribution < -0.4 is 18.9 Å². The van der Waals surface area contributed by atoms with Gasteiger partial charge in [-0.15, -0.1) is 0 Å². The van der Waals surface area contributed by atoms with E-state index in [1.807, 2.05) is 36.4 Å². The van der Waals surface area contributed by atoms with Gasteiger partial charge in [-0.2, -0.15) is 0 Å². The lowest BCUT2D eigenvalue weighted by Crippen LogP contribution is -2.44. The molecule has 5 rings (SSSR count). The molecule has 0 radical (unpaired) electrons. The molecule has 0 aromatic heterocycles. The molecule has 1 atom stereocenters. The number of hydrogen-bond acceptors (Lipinski definition) is 6. The van der Waals surface area contributed by atoms with Crippen LogP contribution in [-0.2, 0) is 10.2 Å². The molecule has 0 amide bonds. The van der Waals surface area contributed by atoms with Crippen molar-refractivity contribution in [2.75, 3.05) is 39.5 Å². The van der Waals surface area contributed by atoms with Crippen LogP contribution in [0, 0.1) is 0 Å². The number of likely N-dealkylation sites (tertiary alicyclic amines) is 1. The maximum Gasteiger partial charge on any atom is 0.304 e. The lowest BCUT2D eigenvalue weighted by atomic mass is 9.74. The molecular formula is C24H27NO6. The molecule has 164 valence electrons. The molecule has 7 heteroatoms. The first-order valence-corrected chi connectivity index (χ1v) is 10.8. The summed E-state index contributed by atoms with van der Waals surface area (Å²) in [6, 6.07) is 13.8. The Hall–Kier alpha value is -2.93. The number of carboxylic acids is 1. The quantitative estimate of drug-likeness (QED) is 0.762. The Labute approximate surface area is 181 Å². The molecular weight excluding hydrogens is 398 g/mol. The molecule has 3 heterocycles. The number of ether oxygens (including phenoxy) is 4. The molecule has 1 unspecified atom stereocenters. The van der Waals surface area contributed by atoms with Gasteiger partial charge in [0.25, 0.3) is 0 Å². The summed E-state index contributed by atoms with van der Waals surface area (Å²) in [5, 5.41) is 8.90. The van der Waals surface area contributed by atoms with Crippen LogP contribution in [0.1, 0.15) is 24.8 Å². The lowest BCUT2D eigenvalue weighted by Gasteiger charge is -2.38. The number of carboxylic acid groups (broad SMARTS) is 1. The van der Waals surface area contributed by atoms with Gasteiger partial charge in [-0.1, -0.05) is 18.2 Å². The fourth-order valence-electron chi connectivity index (χ4n) is 4.65. The van der Waals surface area contributed by atoms with E-state index in [2.05, 4.69) is 11.0 Å². The average molecular weight is 425 g/mol. The molecule has 2 aromatic rings. The monoisotopic (exact) mass is 425 g/mol. The van der Waals surface area contributed by atoms with Gasteiger partial charge in [0.15, 0.2) is 17.6 Å². The van der Waals surface area contributed by atoms with Crippen LogP contribution in [0.3, 0.4) is 0 Å². The second-order valence-corrected chi connectivity index (χ2v) is 8.52. The van der Waals surface area contributed by atoms with E-state index in [0.717, 1.165) is 48.9 Å². The van der Waals surface area contributed by atoms with E-state index in [0.29, 0.717) is 26.4 Å². The van der Waals surface area contributed by atoms with Gasteiger partial charge < -0.3 is 29.0 Å². The van der Waals surface area contributed by atoms with E-state index >= 15 is 0 Å². The van der Waals surface area contributed by atoms with Crippen LogP contribution in [0.15, 0.2) is 42.5 Å². The van der Waals surface area contributed by atoms with E-state index in [1.54, 1.807) is 0 Å². The topological polar surface area (TPSA) is 77.5 Å². The minimum absolute atomic E-state index is 0.0254. The molecule has 3 aliphatic rings. The molecule has 1 spiro atoms. The lowest BCUT2D eigenvalue weighted by molar-refractivity contribution is -0.137. The van der Waals surface area contributed by atoms with Crippen molar-refractivity contribution in [3.63, 3.8) is 0 Å². The minimum atomic E-state index is -0.739. The number of aliphatic carboxylic acids is 1. The van der Waals surface area contributed by atoms with Gasteiger partial charge in [-0.25, -0.2) is 0 Å².